The molecule has 27 heavy (non-hydrogen) atoms. The van der Waals surface area contributed by atoms with E-state index in [0.717, 1.165) is 21.7 Å². The SMILES string of the molecule is Cc1cc2ccc(NC(=O)Cc3csc(-c4ccccc4)n3)cc2[nH]c1=O. The molecule has 0 fully saturated rings. The maximum Gasteiger partial charge on any atom is 0.251 e. The predicted molar refractivity (Wildman–Crippen MR) is 109 cm³/mol. The number of anilines is 1. The van der Waals surface area contributed by atoms with Crippen LogP contribution in [-0.4, -0.2) is 15.9 Å². The summed E-state index contributed by atoms with van der Waals surface area (Å²) < 4.78 is 0. The standard InChI is InChI=1S/C21H17N3O2S/c1-13-9-15-7-8-16(10-18(15)24-20(13)26)22-19(25)11-17-12-27-21(23-17)14-5-3-2-4-6-14/h2-10,12H,11H2,1H3,(H,22,25)(H,24,26). The number of pyridine rings is 1. The molecule has 0 aliphatic heterocycles. The summed E-state index contributed by atoms with van der Waals surface area (Å²) in [5.41, 5.74) is 3.66. The summed E-state index contributed by atoms with van der Waals surface area (Å²) in [5, 5.41) is 6.60. The van der Waals surface area contributed by atoms with Gasteiger partial charge in [-0.1, -0.05) is 36.4 Å². The average Bonchev–Trinajstić information content (AvgIpc) is 3.12. The molecule has 0 aliphatic carbocycles. The van der Waals surface area contributed by atoms with Crippen LogP contribution in [-0.2, 0) is 11.2 Å². The second kappa shape index (κ2) is 7.17. The lowest BCUT2D eigenvalue weighted by Gasteiger charge is -2.06. The van der Waals surface area contributed by atoms with Crippen molar-refractivity contribution in [3.63, 3.8) is 0 Å². The predicted octanol–water partition coefficient (Wildman–Crippen LogP) is 4.14. The lowest BCUT2D eigenvalue weighted by molar-refractivity contribution is -0.115. The second-order valence-electron chi connectivity index (χ2n) is 6.32. The number of rotatable bonds is 4. The van der Waals surface area contributed by atoms with E-state index < -0.39 is 0 Å². The molecule has 2 N–H and O–H groups in total. The van der Waals surface area contributed by atoms with Crippen LogP contribution in [0.25, 0.3) is 21.5 Å². The fraction of sp³-hybridized carbons (Fsp3) is 0.0952. The van der Waals surface area contributed by atoms with Gasteiger partial charge in [-0.05, 0) is 30.5 Å². The van der Waals surface area contributed by atoms with Crippen molar-refractivity contribution in [3.8, 4) is 10.6 Å². The Balaban J connectivity index is 1.48. The van der Waals surface area contributed by atoms with Gasteiger partial charge in [0.2, 0.25) is 5.91 Å². The minimum Gasteiger partial charge on any atom is -0.326 e. The number of H-pyrrole nitrogens is 1. The van der Waals surface area contributed by atoms with Crippen molar-refractivity contribution in [3.05, 3.63) is 81.6 Å². The van der Waals surface area contributed by atoms with Crippen LogP contribution >= 0.6 is 11.3 Å². The van der Waals surface area contributed by atoms with Gasteiger partial charge >= 0.3 is 0 Å². The quantitative estimate of drug-likeness (QED) is 0.563. The zero-order valence-corrected chi connectivity index (χ0v) is 15.5. The molecule has 4 aromatic rings. The summed E-state index contributed by atoms with van der Waals surface area (Å²) in [6.07, 6.45) is 0.200. The van der Waals surface area contributed by atoms with E-state index in [-0.39, 0.29) is 17.9 Å². The number of hydrogen-bond acceptors (Lipinski definition) is 4. The number of carbonyl (C=O) groups is 1. The topological polar surface area (TPSA) is 74.8 Å². The molecule has 0 atom stereocenters. The zero-order valence-electron chi connectivity index (χ0n) is 14.7. The third-order valence-electron chi connectivity index (χ3n) is 4.23. The molecule has 0 aliphatic rings. The van der Waals surface area contributed by atoms with E-state index in [1.165, 1.54) is 11.3 Å². The lowest BCUT2D eigenvalue weighted by Crippen LogP contribution is -2.15. The van der Waals surface area contributed by atoms with Crippen LogP contribution in [0.5, 0.6) is 0 Å². The molecule has 2 aromatic heterocycles. The number of benzene rings is 2. The number of hydrogen-bond donors (Lipinski definition) is 2. The molecule has 0 bridgehead atoms. The van der Waals surface area contributed by atoms with Gasteiger partial charge in [-0.3, -0.25) is 9.59 Å². The zero-order chi connectivity index (χ0) is 18.8. The van der Waals surface area contributed by atoms with Crippen LogP contribution in [0.2, 0.25) is 0 Å². The number of aromatic amines is 1. The van der Waals surface area contributed by atoms with Crippen LogP contribution in [0.1, 0.15) is 11.3 Å². The highest BCUT2D eigenvalue weighted by molar-refractivity contribution is 7.13. The maximum absolute atomic E-state index is 12.4. The third-order valence-corrected chi connectivity index (χ3v) is 5.17. The Morgan fingerprint density at radius 1 is 1.15 bits per heavy atom. The highest BCUT2D eigenvalue weighted by Gasteiger charge is 2.10. The third kappa shape index (κ3) is 3.80. The van der Waals surface area contributed by atoms with Crippen molar-refractivity contribution < 1.29 is 4.79 Å². The highest BCUT2D eigenvalue weighted by atomic mass is 32.1. The average molecular weight is 375 g/mol. The summed E-state index contributed by atoms with van der Waals surface area (Å²) in [5.74, 6) is -0.145. The van der Waals surface area contributed by atoms with Gasteiger partial charge in [-0.15, -0.1) is 11.3 Å². The van der Waals surface area contributed by atoms with E-state index in [2.05, 4.69) is 15.3 Å². The minimum atomic E-state index is -0.145. The molecule has 134 valence electrons. The Labute approximate surface area is 159 Å². The Kier molecular flexibility index (Phi) is 4.56. The van der Waals surface area contributed by atoms with Crippen LogP contribution < -0.4 is 10.9 Å². The molecular weight excluding hydrogens is 358 g/mol. The van der Waals surface area contributed by atoms with E-state index in [9.17, 15) is 9.59 Å². The van der Waals surface area contributed by atoms with Gasteiger partial charge in [-0.25, -0.2) is 4.98 Å². The van der Waals surface area contributed by atoms with Crippen molar-refractivity contribution in [2.24, 2.45) is 0 Å². The van der Waals surface area contributed by atoms with E-state index >= 15 is 0 Å². The van der Waals surface area contributed by atoms with Crippen LogP contribution in [0.15, 0.2) is 64.8 Å². The number of aryl methyl sites for hydroxylation is 1. The van der Waals surface area contributed by atoms with Crippen LogP contribution in [0.3, 0.4) is 0 Å². The number of nitrogens with zero attached hydrogens (tertiary/aromatic N) is 1. The van der Waals surface area contributed by atoms with Gasteiger partial charge < -0.3 is 10.3 Å². The number of amides is 1. The normalized spacial score (nSPS) is 10.9. The Hall–Kier alpha value is -3.25. The van der Waals surface area contributed by atoms with Gasteiger partial charge in [0.05, 0.1) is 17.6 Å². The van der Waals surface area contributed by atoms with Gasteiger partial charge in [-0.2, -0.15) is 0 Å². The molecule has 0 saturated carbocycles. The van der Waals surface area contributed by atoms with Gasteiger partial charge in [0.1, 0.15) is 5.01 Å². The smallest absolute Gasteiger partial charge is 0.251 e. The summed E-state index contributed by atoms with van der Waals surface area (Å²) in [7, 11) is 0. The Morgan fingerprint density at radius 2 is 1.96 bits per heavy atom. The van der Waals surface area contributed by atoms with Crippen molar-refractivity contribution in [2.75, 3.05) is 5.32 Å². The molecule has 0 unspecified atom stereocenters. The molecular formula is C21H17N3O2S. The van der Waals surface area contributed by atoms with Gasteiger partial charge in [0.25, 0.3) is 5.56 Å². The molecule has 0 radical (unpaired) electrons. The van der Waals surface area contributed by atoms with Crippen molar-refractivity contribution in [1.29, 1.82) is 0 Å². The van der Waals surface area contributed by atoms with Crippen molar-refractivity contribution in [2.45, 2.75) is 13.3 Å². The maximum atomic E-state index is 12.4. The van der Waals surface area contributed by atoms with Gasteiger partial charge in [0, 0.05) is 22.2 Å². The van der Waals surface area contributed by atoms with Crippen molar-refractivity contribution >= 4 is 33.8 Å². The largest absolute Gasteiger partial charge is 0.326 e. The first kappa shape index (κ1) is 17.2. The first-order valence-corrected chi connectivity index (χ1v) is 9.40. The second-order valence-corrected chi connectivity index (χ2v) is 7.18. The Bertz CT molecular complexity index is 1180. The molecule has 6 heteroatoms. The number of carbonyl (C=O) groups excluding carboxylic acids is 1. The number of fused-ring (bicyclic) bond motifs is 1. The molecule has 0 spiro atoms. The monoisotopic (exact) mass is 375 g/mol. The van der Waals surface area contributed by atoms with Crippen LogP contribution in [0.4, 0.5) is 5.69 Å². The fourth-order valence-electron chi connectivity index (χ4n) is 2.86. The van der Waals surface area contributed by atoms with Gasteiger partial charge in [0.15, 0.2) is 0 Å². The summed E-state index contributed by atoms with van der Waals surface area (Å²) in [6, 6.07) is 17.2. The van der Waals surface area contributed by atoms with Crippen molar-refractivity contribution in [1.82, 2.24) is 9.97 Å². The Morgan fingerprint density at radius 3 is 2.78 bits per heavy atom. The summed E-state index contributed by atoms with van der Waals surface area (Å²) >= 11 is 1.52. The van der Waals surface area contributed by atoms with E-state index in [4.69, 9.17) is 0 Å². The lowest BCUT2D eigenvalue weighted by atomic mass is 10.1. The first-order valence-electron chi connectivity index (χ1n) is 8.52. The molecule has 2 aromatic carbocycles. The minimum absolute atomic E-state index is 0.123. The number of aromatic nitrogens is 2. The molecule has 4 rings (SSSR count). The molecule has 5 nitrogen and oxygen atoms in total. The van der Waals surface area contributed by atoms with E-state index in [0.29, 0.717) is 16.8 Å². The number of thiazole rings is 1. The van der Waals surface area contributed by atoms with E-state index in [1.54, 1.807) is 13.0 Å². The summed E-state index contributed by atoms with van der Waals surface area (Å²) in [4.78, 5) is 31.5. The first-order chi connectivity index (χ1) is 13.1. The molecule has 0 saturated heterocycles. The molecule has 2 heterocycles. The van der Waals surface area contributed by atoms with E-state index in [1.807, 2.05) is 53.9 Å². The van der Waals surface area contributed by atoms with Crippen LogP contribution in [0, 0.1) is 6.92 Å². The summed E-state index contributed by atoms with van der Waals surface area (Å²) in [6.45, 7) is 1.77. The fourth-order valence-corrected chi connectivity index (χ4v) is 3.68. The highest BCUT2D eigenvalue weighted by Crippen LogP contribution is 2.24. The molecule has 1 amide bonds. The number of nitrogens with one attached hydrogen (secondary N) is 2.